The van der Waals surface area contributed by atoms with E-state index in [4.69, 9.17) is 0 Å². The molecule has 3 aromatic rings. The SMILES string of the molecule is N#C/C(=C/c1cccn1-c1cccc(C(F)(F)F)c1)c1ccc(C(F)(F)F)cc1. The smallest absolute Gasteiger partial charge is 0.317 e. The lowest BCUT2D eigenvalue weighted by Gasteiger charge is -2.11. The normalized spacial score (nSPS) is 12.7. The fraction of sp³-hybridized carbons (Fsp3) is 0.0952. The molecule has 0 atom stereocenters. The molecule has 3 rings (SSSR count). The first-order chi connectivity index (χ1) is 13.6. The molecule has 1 heterocycles. The standard InChI is InChI=1S/C21H12F6N2/c22-20(23,24)16-8-6-14(7-9-16)15(13-28)11-18-5-2-10-29(18)19-4-1-3-17(12-19)21(25,26)27/h1-12H/b15-11-. The van der Waals surface area contributed by atoms with Crippen molar-refractivity contribution in [3.63, 3.8) is 0 Å². The first-order valence-corrected chi connectivity index (χ1v) is 8.24. The Bertz CT molecular complexity index is 1080. The lowest BCUT2D eigenvalue weighted by Crippen LogP contribution is -2.06. The molecule has 29 heavy (non-hydrogen) atoms. The van der Waals surface area contributed by atoms with Gasteiger partial charge in [-0.3, -0.25) is 0 Å². The van der Waals surface area contributed by atoms with Gasteiger partial charge in [-0.1, -0.05) is 18.2 Å². The molecule has 8 heteroatoms. The summed E-state index contributed by atoms with van der Waals surface area (Å²) in [4.78, 5) is 0. The predicted octanol–water partition coefficient (Wildman–Crippen LogP) is 6.58. The Hall–Kier alpha value is -3.47. The summed E-state index contributed by atoms with van der Waals surface area (Å²) in [7, 11) is 0. The van der Waals surface area contributed by atoms with Crippen molar-refractivity contribution in [3.05, 3.63) is 89.2 Å². The molecule has 148 valence electrons. The molecule has 0 aliphatic carbocycles. The largest absolute Gasteiger partial charge is 0.416 e. The van der Waals surface area contributed by atoms with Gasteiger partial charge in [0.2, 0.25) is 0 Å². The maximum absolute atomic E-state index is 13.0. The average Bonchev–Trinajstić information content (AvgIpc) is 3.13. The number of hydrogen-bond acceptors (Lipinski definition) is 1. The van der Waals surface area contributed by atoms with E-state index in [1.165, 1.54) is 41.1 Å². The van der Waals surface area contributed by atoms with E-state index >= 15 is 0 Å². The zero-order chi connectivity index (χ0) is 21.2. The summed E-state index contributed by atoms with van der Waals surface area (Å²) in [5.41, 5.74) is -0.683. The molecule has 1 aromatic heterocycles. The first-order valence-electron chi connectivity index (χ1n) is 8.24. The van der Waals surface area contributed by atoms with E-state index < -0.39 is 23.5 Å². The summed E-state index contributed by atoms with van der Waals surface area (Å²) >= 11 is 0. The van der Waals surface area contributed by atoms with Crippen LogP contribution < -0.4 is 0 Å². The maximum Gasteiger partial charge on any atom is 0.416 e. The Morgan fingerprint density at radius 2 is 1.48 bits per heavy atom. The van der Waals surface area contributed by atoms with Gasteiger partial charge in [0.15, 0.2) is 0 Å². The topological polar surface area (TPSA) is 28.7 Å². The molecule has 0 saturated heterocycles. The molecular weight excluding hydrogens is 394 g/mol. The minimum absolute atomic E-state index is 0.0747. The molecule has 2 aromatic carbocycles. The van der Waals surface area contributed by atoms with E-state index in [1.807, 2.05) is 6.07 Å². The molecule has 0 aliphatic heterocycles. The molecule has 0 amide bonds. The Kier molecular flexibility index (Phi) is 5.25. The maximum atomic E-state index is 13.0. The molecule has 2 nitrogen and oxygen atoms in total. The van der Waals surface area contributed by atoms with E-state index in [9.17, 15) is 31.6 Å². The van der Waals surface area contributed by atoms with Gasteiger partial charge in [0.05, 0.1) is 22.8 Å². The van der Waals surface area contributed by atoms with Crippen LogP contribution in [0.1, 0.15) is 22.4 Å². The highest BCUT2D eigenvalue weighted by atomic mass is 19.4. The van der Waals surface area contributed by atoms with Crippen molar-refractivity contribution in [1.82, 2.24) is 4.57 Å². The lowest BCUT2D eigenvalue weighted by atomic mass is 10.0. The van der Waals surface area contributed by atoms with E-state index in [1.54, 1.807) is 12.1 Å². The van der Waals surface area contributed by atoms with E-state index in [-0.39, 0.29) is 16.8 Å². The Balaban J connectivity index is 2.00. The van der Waals surface area contributed by atoms with Gasteiger partial charge in [-0.15, -0.1) is 0 Å². The minimum Gasteiger partial charge on any atom is -0.317 e. The van der Waals surface area contributed by atoms with Crippen LogP contribution in [0.4, 0.5) is 26.3 Å². The molecule has 0 saturated carbocycles. The van der Waals surface area contributed by atoms with Crippen LogP contribution >= 0.6 is 0 Å². The fourth-order valence-electron chi connectivity index (χ4n) is 2.75. The predicted molar refractivity (Wildman–Crippen MR) is 95.7 cm³/mol. The number of benzene rings is 2. The van der Waals surface area contributed by atoms with Crippen LogP contribution in [0.15, 0.2) is 66.9 Å². The molecule has 0 N–H and O–H groups in total. The van der Waals surface area contributed by atoms with E-state index in [0.717, 1.165) is 24.3 Å². The molecule has 0 radical (unpaired) electrons. The molecular formula is C21H12F6N2. The van der Waals surface area contributed by atoms with Crippen molar-refractivity contribution >= 4 is 11.6 Å². The van der Waals surface area contributed by atoms with Crippen molar-refractivity contribution in [2.24, 2.45) is 0 Å². The van der Waals surface area contributed by atoms with Crippen LogP contribution in [0.3, 0.4) is 0 Å². The summed E-state index contributed by atoms with van der Waals surface area (Å²) in [6.07, 6.45) is -6.06. The Labute approximate surface area is 161 Å². The second kappa shape index (κ2) is 7.51. The summed E-state index contributed by atoms with van der Waals surface area (Å²) < 4.78 is 78.5. The monoisotopic (exact) mass is 406 g/mol. The van der Waals surface area contributed by atoms with Crippen molar-refractivity contribution in [1.29, 1.82) is 5.26 Å². The van der Waals surface area contributed by atoms with Crippen molar-refractivity contribution in [2.45, 2.75) is 12.4 Å². The fourth-order valence-corrected chi connectivity index (χ4v) is 2.75. The highest BCUT2D eigenvalue weighted by molar-refractivity contribution is 5.89. The Morgan fingerprint density at radius 3 is 2.07 bits per heavy atom. The molecule has 0 bridgehead atoms. The highest BCUT2D eigenvalue weighted by Crippen LogP contribution is 2.32. The van der Waals surface area contributed by atoms with Crippen LogP contribution in [0.25, 0.3) is 17.3 Å². The van der Waals surface area contributed by atoms with Crippen LogP contribution in [0, 0.1) is 11.3 Å². The number of rotatable bonds is 3. The molecule has 0 spiro atoms. The number of aromatic nitrogens is 1. The quantitative estimate of drug-likeness (QED) is 0.357. The third kappa shape index (κ3) is 4.51. The highest BCUT2D eigenvalue weighted by Gasteiger charge is 2.31. The molecule has 0 fully saturated rings. The molecule has 0 aliphatic rings. The van der Waals surface area contributed by atoms with Gasteiger partial charge >= 0.3 is 12.4 Å². The van der Waals surface area contributed by atoms with Crippen LogP contribution in [-0.4, -0.2) is 4.57 Å². The Morgan fingerprint density at radius 1 is 0.828 bits per heavy atom. The first kappa shape index (κ1) is 20.3. The average molecular weight is 406 g/mol. The third-order valence-corrected chi connectivity index (χ3v) is 4.17. The van der Waals surface area contributed by atoms with Gasteiger partial charge in [-0.25, -0.2) is 0 Å². The van der Waals surface area contributed by atoms with Crippen LogP contribution in [0.5, 0.6) is 0 Å². The number of nitrogens with zero attached hydrogens (tertiary/aromatic N) is 2. The second-order valence-electron chi connectivity index (χ2n) is 6.10. The zero-order valence-electron chi connectivity index (χ0n) is 14.6. The minimum atomic E-state index is -4.50. The van der Waals surface area contributed by atoms with Crippen molar-refractivity contribution in [2.75, 3.05) is 0 Å². The van der Waals surface area contributed by atoms with Crippen molar-refractivity contribution in [3.8, 4) is 11.8 Å². The second-order valence-corrected chi connectivity index (χ2v) is 6.10. The third-order valence-electron chi connectivity index (χ3n) is 4.17. The number of halogens is 6. The van der Waals surface area contributed by atoms with E-state index in [2.05, 4.69) is 0 Å². The summed E-state index contributed by atoms with van der Waals surface area (Å²) in [6.45, 7) is 0. The van der Waals surface area contributed by atoms with Gasteiger partial charge in [0.25, 0.3) is 0 Å². The summed E-state index contributed by atoms with van der Waals surface area (Å²) in [5.74, 6) is 0. The van der Waals surface area contributed by atoms with Gasteiger partial charge < -0.3 is 4.57 Å². The van der Waals surface area contributed by atoms with Crippen molar-refractivity contribution < 1.29 is 26.3 Å². The summed E-state index contributed by atoms with van der Waals surface area (Å²) in [5, 5.41) is 9.42. The number of alkyl halides is 6. The van der Waals surface area contributed by atoms with Crippen LogP contribution in [0.2, 0.25) is 0 Å². The number of nitriles is 1. The summed E-state index contributed by atoms with van der Waals surface area (Å²) in [6, 6.07) is 13.9. The van der Waals surface area contributed by atoms with Gasteiger partial charge in [-0.05, 0) is 54.1 Å². The number of hydrogen-bond donors (Lipinski definition) is 0. The zero-order valence-corrected chi connectivity index (χ0v) is 14.6. The number of allylic oxidation sites excluding steroid dienone is 1. The van der Waals surface area contributed by atoms with Gasteiger partial charge in [0, 0.05) is 17.6 Å². The molecule has 0 unspecified atom stereocenters. The van der Waals surface area contributed by atoms with E-state index in [0.29, 0.717) is 5.69 Å². The van der Waals surface area contributed by atoms with Gasteiger partial charge in [-0.2, -0.15) is 31.6 Å². The lowest BCUT2D eigenvalue weighted by molar-refractivity contribution is -0.138. The van der Waals surface area contributed by atoms with Gasteiger partial charge in [0.1, 0.15) is 0 Å². The van der Waals surface area contributed by atoms with Crippen LogP contribution in [-0.2, 0) is 12.4 Å².